The van der Waals surface area contributed by atoms with Gasteiger partial charge < -0.3 is 15.4 Å². The van der Waals surface area contributed by atoms with E-state index in [1.807, 2.05) is 6.07 Å². The van der Waals surface area contributed by atoms with Crippen LogP contribution in [0, 0.1) is 0 Å². The minimum absolute atomic E-state index is 0.0517. The molecule has 27 heavy (non-hydrogen) atoms. The van der Waals surface area contributed by atoms with E-state index in [0.717, 1.165) is 11.1 Å². The second kappa shape index (κ2) is 8.23. The predicted molar refractivity (Wildman–Crippen MR) is 98.3 cm³/mol. The maximum absolute atomic E-state index is 12.5. The molecule has 0 aliphatic carbocycles. The first kappa shape index (κ1) is 18.3. The maximum Gasteiger partial charge on any atom is 0.321 e. The van der Waals surface area contributed by atoms with Crippen molar-refractivity contribution in [2.45, 2.75) is 6.92 Å². The molecule has 0 atom stereocenters. The van der Waals surface area contributed by atoms with Gasteiger partial charge in [-0.1, -0.05) is 6.07 Å². The second-order valence-electron chi connectivity index (χ2n) is 5.50. The van der Waals surface area contributed by atoms with Crippen LogP contribution in [-0.4, -0.2) is 51.9 Å². The number of nitrogens with one attached hydrogen (secondary N) is 3. The van der Waals surface area contributed by atoms with Crippen LogP contribution in [0.15, 0.2) is 36.7 Å². The van der Waals surface area contributed by atoms with E-state index in [4.69, 9.17) is 4.74 Å². The van der Waals surface area contributed by atoms with E-state index in [0.29, 0.717) is 12.2 Å². The van der Waals surface area contributed by atoms with E-state index >= 15 is 0 Å². The van der Waals surface area contributed by atoms with Gasteiger partial charge in [-0.3, -0.25) is 15.1 Å². The number of hydrogen-bond acceptors (Lipinski definition) is 6. The highest BCUT2D eigenvalue weighted by Gasteiger charge is 2.17. The zero-order valence-electron chi connectivity index (χ0n) is 14.9. The largest absolute Gasteiger partial charge is 0.364 e. The molecule has 10 nitrogen and oxygen atoms in total. The van der Waals surface area contributed by atoms with Gasteiger partial charge in [-0.25, -0.2) is 9.31 Å². The van der Waals surface area contributed by atoms with Crippen molar-refractivity contribution >= 4 is 23.5 Å². The molecule has 0 saturated carbocycles. The molecule has 3 aromatic heterocycles. The molecule has 3 amide bonds. The Morgan fingerprint density at radius 3 is 2.78 bits per heavy atom. The quantitative estimate of drug-likeness (QED) is 0.562. The van der Waals surface area contributed by atoms with Gasteiger partial charge in [0.25, 0.3) is 11.9 Å². The lowest BCUT2D eigenvalue weighted by Crippen LogP contribution is -2.29. The third kappa shape index (κ3) is 4.18. The summed E-state index contributed by atoms with van der Waals surface area (Å²) in [6, 6.07) is 6.70. The average Bonchev–Trinajstić information content (AvgIpc) is 3.08. The Kier molecular flexibility index (Phi) is 5.57. The molecule has 3 aromatic rings. The van der Waals surface area contributed by atoms with Crippen molar-refractivity contribution in [3.05, 3.63) is 42.4 Å². The topological polar surface area (TPSA) is 123 Å². The Morgan fingerprint density at radius 1 is 1.22 bits per heavy atom. The lowest BCUT2D eigenvalue weighted by molar-refractivity contribution is 0.0865. The number of methoxy groups -OCH3 is 1. The third-order valence-corrected chi connectivity index (χ3v) is 3.60. The maximum atomic E-state index is 12.5. The molecule has 0 radical (unpaired) electrons. The van der Waals surface area contributed by atoms with E-state index in [-0.39, 0.29) is 24.3 Å². The number of pyridine rings is 2. The first-order valence-corrected chi connectivity index (χ1v) is 8.25. The van der Waals surface area contributed by atoms with Crippen LogP contribution in [0.5, 0.6) is 0 Å². The molecule has 0 aliphatic heterocycles. The molecular weight excluding hydrogens is 350 g/mol. The lowest BCUT2D eigenvalue weighted by atomic mass is 10.1. The molecule has 140 valence electrons. The van der Waals surface area contributed by atoms with Crippen molar-refractivity contribution in [2.75, 3.05) is 25.7 Å². The fourth-order valence-corrected chi connectivity index (χ4v) is 2.43. The van der Waals surface area contributed by atoms with Crippen LogP contribution in [0.3, 0.4) is 0 Å². The molecule has 0 fully saturated rings. The number of carbonyl (C=O) groups excluding carboxylic acids is 2. The molecule has 3 N–H and O–H groups in total. The lowest BCUT2D eigenvalue weighted by Gasteiger charge is -2.08. The number of urea groups is 1. The number of amides is 3. The Hall–Kier alpha value is -3.53. The first-order chi connectivity index (χ1) is 13.1. The van der Waals surface area contributed by atoms with E-state index < -0.39 is 6.03 Å². The molecular formula is C17H19N7O3. The molecule has 0 aromatic carbocycles. The number of hydrogen-bond donors (Lipinski definition) is 3. The number of nitrogens with zero attached hydrogens (tertiary/aromatic N) is 4. The van der Waals surface area contributed by atoms with Crippen molar-refractivity contribution in [3.63, 3.8) is 0 Å². The van der Waals surface area contributed by atoms with Crippen LogP contribution in [0.4, 0.5) is 10.7 Å². The third-order valence-electron chi connectivity index (χ3n) is 3.60. The van der Waals surface area contributed by atoms with Gasteiger partial charge in [0.15, 0.2) is 5.65 Å². The summed E-state index contributed by atoms with van der Waals surface area (Å²) in [5, 5.41) is 12.0. The SMILES string of the molecule is CCNC(=O)Nc1nc2cc(-c3cccnc3)cc(C(=O)NCOC)n2n1. The number of aromatic nitrogens is 4. The normalized spacial score (nSPS) is 10.6. The molecule has 3 heterocycles. The summed E-state index contributed by atoms with van der Waals surface area (Å²) < 4.78 is 6.26. The highest BCUT2D eigenvalue weighted by Crippen LogP contribution is 2.22. The molecule has 10 heteroatoms. The van der Waals surface area contributed by atoms with Gasteiger partial charge in [0.2, 0.25) is 0 Å². The van der Waals surface area contributed by atoms with Gasteiger partial charge in [0.05, 0.1) is 0 Å². The summed E-state index contributed by atoms with van der Waals surface area (Å²) in [6.45, 7) is 2.32. The molecule has 0 spiro atoms. The zero-order valence-corrected chi connectivity index (χ0v) is 14.9. The first-order valence-electron chi connectivity index (χ1n) is 8.25. The summed E-state index contributed by atoms with van der Waals surface area (Å²) >= 11 is 0. The zero-order chi connectivity index (χ0) is 19.2. The van der Waals surface area contributed by atoms with Crippen molar-refractivity contribution in [1.82, 2.24) is 30.2 Å². The number of anilines is 1. The van der Waals surface area contributed by atoms with E-state index in [2.05, 4.69) is 31.0 Å². The van der Waals surface area contributed by atoms with Gasteiger partial charge >= 0.3 is 6.03 Å². The van der Waals surface area contributed by atoms with E-state index in [9.17, 15) is 9.59 Å². The summed E-state index contributed by atoms with van der Waals surface area (Å²) in [5.41, 5.74) is 2.22. The number of fused-ring (bicyclic) bond motifs is 1. The molecule has 3 rings (SSSR count). The standard InChI is InChI=1S/C17H19N7O3/c1-3-19-17(26)22-16-21-14-8-12(11-5-4-6-18-9-11)7-13(24(14)23-16)15(25)20-10-27-2/h4-9H,3,10H2,1-2H3,(H,20,25)(H2,19,22,23,26). The van der Waals surface area contributed by atoms with Crippen molar-refractivity contribution in [2.24, 2.45) is 0 Å². The Bertz CT molecular complexity index is 956. The predicted octanol–water partition coefficient (Wildman–Crippen LogP) is 1.27. The molecule has 0 saturated heterocycles. The molecule has 0 aliphatic rings. The minimum atomic E-state index is -0.425. The highest BCUT2D eigenvalue weighted by atomic mass is 16.5. The van der Waals surface area contributed by atoms with Crippen LogP contribution < -0.4 is 16.0 Å². The van der Waals surface area contributed by atoms with Crippen molar-refractivity contribution in [1.29, 1.82) is 0 Å². The smallest absolute Gasteiger partial charge is 0.321 e. The van der Waals surface area contributed by atoms with Crippen LogP contribution in [0.1, 0.15) is 17.4 Å². The number of carbonyl (C=O) groups is 2. The van der Waals surface area contributed by atoms with Gasteiger partial charge in [0.1, 0.15) is 12.4 Å². The van der Waals surface area contributed by atoms with E-state index in [1.165, 1.54) is 11.6 Å². The van der Waals surface area contributed by atoms with Crippen LogP contribution in [-0.2, 0) is 4.74 Å². The summed E-state index contributed by atoms with van der Waals surface area (Å²) in [7, 11) is 1.48. The number of rotatable bonds is 6. The van der Waals surface area contributed by atoms with Crippen LogP contribution in [0.2, 0.25) is 0 Å². The minimum Gasteiger partial charge on any atom is -0.364 e. The Morgan fingerprint density at radius 2 is 2.07 bits per heavy atom. The van der Waals surface area contributed by atoms with Crippen molar-refractivity contribution in [3.8, 4) is 11.1 Å². The fourth-order valence-electron chi connectivity index (χ4n) is 2.43. The number of ether oxygens (including phenoxy) is 1. The fraction of sp³-hybridized carbons (Fsp3) is 0.235. The molecule has 0 unspecified atom stereocenters. The van der Waals surface area contributed by atoms with Gasteiger partial charge in [-0.2, -0.15) is 4.98 Å². The monoisotopic (exact) mass is 369 g/mol. The van der Waals surface area contributed by atoms with Crippen molar-refractivity contribution < 1.29 is 14.3 Å². The average molecular weight is 369 g/mol. The Balaban J connectivity index is 2.06. The van der Waals surface area contributed by atoms with Crippen LogP contribution >= 0.6 is 0 Å². The van der Waals surface area contributed by atoms with E-state index in [1.54, 1.807) is 37.5 Å². The summed E-state index contributed by atoms with van der Waals surface area (Å²) in [4.78, 5) is 32.7. The van der Waals surface area contributed by atoms with Gasteiger partial charge in [-0.15, -0.1) is 5.10 Å². The summed E-state index contributed by atoms with van der Waals surface area (Å²) in [5.74, 6) is -0.299. The van der Waals surface area contributed by atoms with Crippen LogP contribution in [0.25, 0.3) is 16.8 Å². The molecule has 0 bridgehead atoms. The van der Waals surface area contributed by atoms with Gasteiger partial charge in [-0.05, 0) is 30.7 Å². The highest BCUT2D eigenvalue weighted by molar-refractivity contribution is 5.95. The second-order valence-corrected chi connectivity index (χ2v) is 5.50. The van der Waals surface area contributed by atoms with Gasteiger partial charge in [0, 0.05) is 31.6 Å². The summed E-state index contributed by atoms with van der Waals surface area (Å²) in [6.07, 6.45) is 3.35. The Labute approximate surface area is 155 Å².